The molecule has 0 unspecified atom stereocenters. The highest BCUT2D eigenvalue weighted by atomic mass is 35.5. The van der Waals surface area contributed by atoms with Crippen molar-refractivity contribution in [2.24, 2.45) is 7.05 Å². The first-order valence-corrected chi connectivity index (χ1v) is 5.41. The Morgan fingerprint density at radius 1 is 1.25 bits per heavy atom. The first-order chi connectivity index (χ1) is 7.68. The van der Waals surface area contributed by atoms with Crippen molar-refractivity contribution < 1.29 is 0 Å². The Balaban J connectivity index is 2.64. The van der Waals surface area contributed by atoms with Crippen LogP contribution in [0.1, 0.15) is 5.56 Å². The number of benzene rings is 1. The molecule has 2 heterocycles. The Hall–Kier alpha value is -1.61. The largest absolute Gasteiger partial charge is 0.340 e. The maximum atomic E-state index is 6.10. The van der Waals surface area contributed by atoms with Crippen LogP contribution >= 0.6 is 11.6 Å². The molecule has 0 saturated carbocycles. The molecule has 0 fully saturated rings. The standard InChI is InChI=1S/C12H10ClN3/c1-7-3-4-8-9(5-7)16(2)11-10(8)14-6-15-12(11)13/h3-6H,1-2H3. The van der Waals surface area contributed by atoms with Gasteiger partial charge in [0.1, 0.15) is 17.4 Å². The zero-order valence-corrected chi connectivity index (χ0v) is 9.78. The first-order valence-electron chi connectivity index (χ1n) is 5.04. The van der Waals surface area contributed by atoms with Gasteiger partial charge in [-0.05, 0) is 18.6 Å². The van der Waals surface area contributed by atoms with Crippen molar-refractivity contribution in [1.29, 1.82) is 0 Å². The number of hydrogen-bond donors (Lipinski definition) is 0. The molecule has 16 heavy (non-hydrogen) atoms. The highest BCUT2D eigenvalue weighted by molar-refractivity contribution is 6.34. The van der Waals surface area contributed by atoms with Crippen molar-refractivity contribution >= 4 is 33.5 Å². The van der Waals surface area contributed by atoms with Crippen LogP contribution in [0, 0.1) is 6.92 Å². The lowest BCUT2D eigenvalue weighted by Gasteiger charge is -1.98. The minimum absolute atomic E-state index is 0.501. The van der Waals surface area contributed by atoms with Gasteiger partial charge in [-0.3, -0.25) is 0 Å². The normalized spacial score (nSPS) is 11.4. The molecule has 0 bridgehead atoms. The van der Waals surface area contributed by atoms with Crippen LogP contribution in [0.15, 0.2) is 24.5 Å². The number of nitrogens with zero attached hydrogens (tertiary/aromatic N) is 3. The molecule has 3 aromatic rings. The van der Waals surface area contributed by atoms with Crippen molar-refractivity contribution in [2.45, 2.75) is 6.92 Å². The number of halogens is 1. The minimum atomic E-state index is 0.501. The van der Waals surface area contributed by atoms with Gasteiger partial charge in [-0.15, -0.1) is 0 Å². The molecular formula is C12H10ClN3. The summed E-state index contributed by atoms with van der Waals surface area (Å²) in [5, 5.41) is 1.62. The van der Waals surface area contributed by atoms with Gasteiger partial charge in [0, 0.05) is 12.4 Å². The molecule has 80 valence electrons. The van der Waals surface area contributed by atoms with Gasteiger partial charge in [0.25, 0.3) is 0 Å². The van der Waals surface area contributed by atoms with Gasteiger partial charge in [-0.2, -0.15) is 0 Å². The van der Waals surface area contributed by atoms with E-state index in [9.17, 15) is 0 Å². The Morgan fingerprint density at radius 2 is 2.06 bits per heavy atom. The van der Waals surface area contributed by atoms with E-state index in [-0.39, 0.29) is 0 Å². The van der Waals surface area contributed by atoms with Gasteiger partial charge in [-0.25, -0.2) is 9.97 Å². The van der Waals surface area contributed by atoms with Crippen LogP contribution < -0.4 is 0 Å². The van der Waals surface area contributed by atoms with Crippen molar-refractivity contribution in [3.63, 3.8) is 0 Å². The Kier molecular flexibility index (Phi) is 1.91. The highest BCUT2D eigenvalue weighted by Gasteiger charge is 2.12. The van der Waals surface area contributed by atoms with Crippen LogP contribution in [0.2, 0.25) is 5.15 Å². The number of hydrogen-bond acceptors (Lipinski definition) is 2. The summed E-state index contributed by atoms with van der Waals surface area (Å²) < 4.78 is 2.04. The third kappa shape index (κ3) is 1.15. The third-order valence-corrected chi connectivity index (χ3v) is 3.16. The summed E-state index contributed by atoms with van der Waals surface area (Å²) in [6, 6.07) is 6.29. The lowest BCUT2D eigenvalue weighted by molar-refractivity contribution is 1.00. The second-order valence-corrected chi connectivity index (χ2v) is 4.30. The third-order valence-electron chi connectivity index (χ3n) is 2.88. The van der Waals surface area contributed by atoms with Crippen LogP contribution in [0.4, 0.5) is 0 Å². The average Bonchev–Trinajstić information content (AvgIpc) is 2.54. The smallest absolute Gasteiger partial charge is 0.156 e. The second kappa shape index (κ2) is 3.19. The van der Waals surface area contributed by atoms with E-state index in [0.717, 1.165) is 21.9 Å². The molecule has 0 aliphatic heterocycles. The molecular weight excluding hydrogens is 222 g/mol. The van der Waals surface area contributed by atoms with E-state index in [0.29, 0.717) is 5.15 Å². The summed E-state index contributed by atoms with van der Waals surface area (Å²) in [5.74, 6) is 0. The van der Waals surface area contributed by atoms with Gasteiger partial charge in [0.2, 0.25) is 0 Å². The lowest BCUT2D eigenvalue weighted by Crippen LogP contribution is -1.89. The molecule has 3 rings (SSSR count). The molecule has 4 heteroatoms. The highest BCUT2D eigenvalue weighted by Crippen LogP contribution is 2.30. The number of aryl methyl sites for hydroxylation is 2. The van der Waals surface area contributed by atoms with Crippen molar-refractivity contribution in [3.8, 4) is 0 Å². The fourth-order valence-electron chi connectivity index (χ4n) is 2.09. The van der Waals surface area contributed by atoms with Crippen LogP contribution in [0.3, 0.4) is 0 Å². The zero-order chi connectivity index (χ0) is 11.3. The molecule has 3 nitrogen and oxygen atoms in total. The maximum absolute atomic E-state index is 6.10. The van der Waals surface area contributed by atoms with Gasteiger partial charge >= 0.3 is 0 Å². The molecule has 0 aliphatic carbocycles. The number of rotatable bonds is 0. The van der Waals surface area contributed by atoms with Crippen molar-refractivity contribution in [2.75, 3.05) is 0 Å². The van der Waals surface area contributed by atoms with Crippen LogP contribution in [-0.4, -0.2) is 14.5 Å². The molecule has 0 amide bonds. The van der Waals surface area contributed by atoms with Crippen LogP contribution in [0.5, 0.6) is 0 Å². The number of fused-ring (bicyclic) bond motifs is 3. The fraction of sp³-hybridized carbons (Fsp3) is 0.167. The Morgan fingerprint density at radius 3 is 2.88 bits per heavy atom. The summed E-state index contributed by atoms with van der Waals surface area (Å²) in [6.45, 7) is 2.07. The quantitative estimate of drug-likeness (QED) is 0.557. The van der Waals surface area contributed by atoms with E-state index in [1.165, 1.54) is 11.9 Å². The molecule has 0 aliphatic rings. The van der Waals surface area contributed by atoms with E-state index in [1.54, 1.807) is 0 Å². The first kappa shape index (κ1) is 9.60. The SMILES string of the molecule is Cc1ccc2c3ncnc(Cl)c3n(C)c2c1. The second-order valence-electron chi connectivity index (χ2n) is 3.94. The summed E-state index contributed by atoms with van der Waals surface area (Å²) >= 11 is 6.10. The Bertz CT molecular complexity index is 700. The molecule has 0 N–H and O–H groups in total. The topological polar surface area (TPSA) is 30.7 Å². The lowest BCUT2D eigenvalue weighted by atomic mass is 10.2. The summed E-state index contributed by atoms with van der Waals surface area (Å²) in [6.07, 6.45) is 1.50. The van der Waals surface area contributed by atoms with E-state index in [2.05, 4.69) is 35.1 Å². The number of aromatic nitrogens is 3. The van der Waals surface area contributed by atoms with E-state index < -0.39 is 0 Å². The zero-order valence-electron chi connectivity index (χ0n) is 9.03. The Labute approximate surface area is 97.7 Å². The fourth-order valence-corrected chi connectivity index (χ4v) is 2.35. The predicted octanol–water partition coefficient (Wildman–Crippen LogP) is 3.08. The molecule has 1 aromatic carbocycles. The average molecular weight is 232 g/mol. The van der Waals surface area contributed by atoms with Gasteiger partial charge < -0.3 is 4.57 Å². The van der Waals surface area contributed by atoms with Gasteiger partial charge in [-0.1, -0.05) is 23.7 Å². The molecule has 2 aromatic heterocycles. The van der Waals surface area contributed by atoms with E-state index in [4.69, 9.17) is 11.6 Å². The molecule has 0 saturated heterocycles. The molecule has 0 spiro atoms. The van der Waals surface area contributed by atoms with Crippen molar-refractivity contribution in [3.05, 3.63) is 35.2 Å². The molecule has 0 radical (unpaired) electrons. The molecule has 0 atom stereocenters. The van der Waals surface area contributed by atoms with Crippen LogP contribution in [0.25, 0.3) is 21.9 Å². The van der Waals surface area contributed by atoms with Crippen molar-refractivity contribution in [1.82, 2.24) is 14.5 Å². The monoisotopic (exact) mass is 231 g/mol. The minimum Gasteiger partial charge on any atom is -0.340 e. The van der Waals surface area contributed by atoms with Crippen LogP contribution in [-0.2, 0) is 7.05 Å². The van der Waals surface area contributed by atoms with Gasteiger partial charge in [0.15, 0.2) is 5.15 Å². The summed E-state index contributed by atoms with van der Waals surface area (Å²) in [7, 11) is 1.99. The van der Waals surface area contributed by atoms with Gasteiger partial charge in [0.05, 0.1) is 5.52 Å². The van der Waals surface area contributed by atoms with E-state index >= 15 is 0 Å². The van der Waals surface area contributed by atoms with E-state index in [1.807, 2.05) is 11.6 Å². The maximum Gasteiger partial charge on any atom is 0.156 e. The summed E-state index contributed by atoms with van der Waals surface area (Å²) in [5.41, 5.74) is 4.17. The summed E-state index contributed by atoms with van der Waals surface area (Å²) in [4.78, 5) is 8.32. The predicted molar refractivity (Wildman–Crippen MR) is 65.8 cm³/mol.